The lowest BCUT2D eigenvalue weighted by atomic mass is 9.52. The Bertz CT molecular complexity index is 1330. The molecule has 0 spiro atoms. The SMILES string of the molecule is C=C(NOC)c1cc(C(C)(C)C)c(O)c2c1C[C@@H]1C[C@@H]3[C@@H](N(C)C)C(=O)C(C(N)=O)C(=O)[C@@]3(O)C(=O)C1C2=O. The number of carbonyl (C=O) groups excluding carboxylic acids is 5. The van der Waals surface area contributed by atoms with Gasteiger partial charge in [0.15, 0.2) is 34.7 Å². The number of amides is 1. The first kappa shape index (κ1) is 28.6. The highest BCUT2D eigenvalue weighted by Gasteiger charge is 2.69. The minimum Gasteiger partial charge on any atom is -0.507 e. The first-order valence-electron chi connectivity index (χ1n) is 12.7. The van der Waals surface area contributed by atoms with Crippen molar-refractivity contribution >= 4 is 34.7 Å². The lowest BCUT2D eigenvalue weighted by molar-refractivity contribution is -0.181. The number of aromatic hydroxyl groups is 1. The number of hydroxylamine groups is 1. The monoisotopic (exact) mass is 541 g/mol. The number of nitrogens with one attached hydrogen (secondary N) is 1. The number of phenolic OH excluding ortho intramolecular Hbond substituents is 1. The van der Waals surface area contributed by atoms with Gasteiger partial charge in [-0.1, -0.05) is 27.4 Å². The normalized spacial score (nSPS) is 30.5. The number of primary amides is 1. The quantitative estimate of drug-likeness (QED) is 0.299. The van der Waals surface area contributed by atoms with Crippen LogP contribution in [0.5, 0.6) is 5.75 Å². The largest absolute Gasteiger partial charge is 0.507 e. The average molecular weight is 542 g/mol. The molecule has 11 heteroatoms. The van der Waals surface area contributed by atoms with E-state index in [0.29, 0.717) is 22.4 Å². The molecule has 0 saturated heterocycles. The van der Waals surface area contributed by atoms with Gasteiger partial charge in [0.05, 0.1) is 30.3 Å². The zero-order valence-corrected chi connectivity index (χ0v) is 23.0. The van der Waals surface area contributed by atoms with Crippen LogP contribution in [0.2, 0.25) is 0 Å². The predicted molar refractivity (Wildman–Crippen MR) is 139 cm³/mol. The molecular weight excluding hydrogens is 506 g/mol. The summed E-state index contributed by atoms with van der Waals surface area (Å²) in [6.07, 6.45) is 0.0961. The van der Waals surface area contributed by atoms with E-state index in [9.17, 15) is 34.2 Å². The first-order valence-corrected chi connectivity index (χ1v) is 12.7. The Labute approximate surface area is 226 Å². The molecule has 11 nitrogen and oxygen atoms in total. The third-order valence-corrected chi connectivity index (χ3v) is 8.42. The fourth-order valence-corrected chi connectivity index (χ4v) is 6.69. The Kier molecular flexibility index (Phi) is 6.86. The molecule has 0 heterocycles. The molecule has 0 aliphatic heterocycles. The maximum Gasteiger partial charge on any atom is 0.235 e. The number of phenols is 1. The van der Waals surface area contributed by atoms with E-state index in [1.54, 1.807) is 20.2 Å². The molecule has 3 aliphatic carbocycles. The molecule has 2 unspecified atom stereocenters. The molecule has 3 aliphatic rings. The highest BCUT2D eigenvalue weighted by atomic mass is 16.6. The number of rotatable bonds is 5. The Morgan fingerprint density at radius 2 is 1.82 bits per heavy atom. The maximum atomic E-state index is 14.1. The van der Waals surface area contributed by atoms with Crippen molar-refractivity contribution in [3.05, 3.63) is 34.9 Å². The smallest absolute Gasteiger partial charge is 0.235 e. The van der Waals surface area contributed by atoms with Crippen LogP contribution in [0.15, 0.2) is 12.6 Å². The van der Waals surface area contributed by atoms with Gasteiger partial charge in [-0.2, -0.15) is 0 Å². The molecule has 0 bridgehead atoms. The van der Waals surface area contributed by atoms with E-state index in [1.165, 1.54) is 12.0 Å². The number of fused-ring (bicyclic) bond motifs is 3. The van der Waals surface area contributed by atoms with E-state index in [-0.39, 0.29) is 24.2 Å². The molecule has 210 valence electrons. The summed E-state index contributed by atoms with van der Waals surface area (Å²) in [5.41, 5.74) is 6.31. The van der Waals surface area contributed by atoms with Gasteiger partial charge >= 0.3 is 0 Å². The maximum absolute atomic E-state index is 14.1. The van der Waals surface area contributed by atoms with Crippen molar-refractivity contribution in [2.45, 2.75) is 50.7 Å². The zero-order chi connectivity index (χ0) is 29.4. The standard InChI is InChI=1S/C28H35N3O8/c1-11(30-39-7)13-10-16(27(2,3)4)21(32)18-14(13)8-12-9-15-20(31(5)6)23(34)19(26(29)37)25(36)28(15,38)24(35)17(12)22(18)33/h10,12,15,17,19-20,30,32,38H,1,8-9H2,2-7H3,(H2,29,37)/t12-,15-,17?,19?,20-,28+/m1/s1. The van der Waals surface area contributed by atoms with Crippen LogP contribution in [0.3, 0.4) is 0 Å². The van der Waals surface area contributed by atoms with Gasteiger partial charge in [-0.3, -0.25) is 39.2 Å². The predicted octanol–water partition coefficient (Wildman–Crippen LogP) is 0.286. The third kappa shape index (κ3) is 4.02. The van der Waals surface area contributed by atoms with Crippen LogP contribution < -0.4 is 11.2 Å². The van der Waals surface area contributed by atoms with Gasteiger partial charge in [0.2, 0.25) is 5.91 Å². The minimum atomic E-state index is -2.77. The summed E-state index contributed by atoms with van der Waals surface area (Å²) in [7, 11) is 4.49. The van der Waals surface area contributed by atoms with E-state index >= 15 is 0 Å². The summed E-state index contributed by atoms with van der Waals surface area (Å²) < 4.78 is 0. The van der Waals surface area contributed by atoms with E-state index < -0.39 is 69.8 Å². The van der Waals surface area contributed by atoms with Crippen LogP contribution in [-0.2, 0) is 35.9 Å². The molecule has 5 N–H and O–H groups in total. The lowest BCUT2D eigenvalue weighted by Gasteiger charge is -2.52. The third-order valence-electron chi connectivity index (χ3n) is 8.42. The fraction of sp³-hybridized carbons (Fsp3) is 0.536. The average Bonchev–Trinajstić information content (AvgIpc) is 2.80. The van der Waals surface area contributed by atoms with Crippen LogP contribution in [0.25, 0.3) is 5.70 Å². The van der Waals surface area contributed by atoms with Crippen molar-refractivity contribution in [1.82, 2.24) is 10.4 Å². The highest BCUT2D eigenvalue weighted by Crippen LogP contribution is 2.52. The molecular formula is C28H35N3O8. The van der Waals surface area contributed by atoms with Gasteiger partial charge in [0.1, 0.15) is 5.75 Å². The fourth-order valence-electron chi connectivity index (χ4n) is 6.69. The lowest BCUT2D eigenvalue weighted by Crippen LogP contribution is -2.74. The number of hydrogen-bond acceptors (Lipinski definition) is 10. The number of nitrogens with zero attached hydrogens (tertiary/aromatic N) is 1. The summed E-state index contributed by atoms with van der Waals surface area (Å²) >= 11 is 0. The van der Waals surface area contributed by atoms with Gasteiger partial charge < -0.3 is 15.9 Å². The zero-order valence-electron chi connectivity index (χ0n) is 23.0. The summed E-state index contributed by atoms with van der Waals surface area (Å²) in [5.74, 6) is -10.8. The molecule has 0 radical (unpaired) electrons. The Balaban J connectivity index is 1.94. The van der Waals surface area contributed by atoms with Crippen molar-refractivity contribution in [1.29, 1.82) is 0 Å². The highest BCUT2D eigenvalue weighted by molar-refractivity contribution is 6.32. The van der Waals surface area contributed by atoms with Crippen LogP contribution in [0.1, 0.15) is 54.2 Å². The number of aliphatic hydroxyl groups is 1. The molecule has 6 atom stereocenters. The number of benzene rings is 1. The van der Waals surface area contributed by atoms with Gasteiger partial charge in [-0.05, 0) is 49.9 Å². The summed E-state index contributed by atoms with van der Waals surface area (Å²) in [6, 6.07) is 0.568. The molecule has 4 rings (SSSR count). The minimum absolute atomic E-state index is 0.0324. The second-order valence-corrected chi connectivity index (χ2v) is 12.0. The molecule has 1 aromatic carbocycles. The molecule has 0 aromatic heterocycles. The second kappa shape index (κ2) is 9.35. The Morgan fingerprint density at radius 3 is 2.33 bits per heavy atom. The van der Waals surface area contributed by atoms with Crippen LogP contribution >= 0.6 is 0 Å². The second-order valence-electron chi connectivity index (χ2n) is 12.0. The number of likely N-dealkylation sites (N-methyl/N-ethyl adjacent to an activating group) is 1. The van der Waals surface area contributed by atoms with Crippen LogP contribution in [0, 0.1) is 23.7 Å². The Hall–Kier alpha value is -3.41. The molecule has 2 fully saturated rings. The summed E-state index contributed by atoms with van der Waals surface area (Å²) in [5, 5.41) is 23.0. The first-order chi connectivity index (χ1) is 18.0. The number of Topliss-reactive ketones (excluding diaryl/α,β-unsaturated/α-hetero) is 4. The van der Waals surface area contributed by atoms with E-state index in [0.717, 1.165) is 0 Å². The van der Waals surface area contributed by atoms with Crippen molar-refractivity contribution < 1.29 is 39.0 Å². The van der Waals surface area contributed by atoms with Crippen LogP contribution in [0.4, 0.5) is 0 Å². The molecule has 1 aromatic rings. The van der Waals surface area contributed by atoms with Gasteiger partial charge in [-0.15, -0.1) is 0 Å². The number of hydrogen-bond donors (Lipinski definition) is 4. The topological polar surface area (TPSA) is 176 Å². The number of ketones is 4. The molecule has 2 saturated carbocycles. The van der Waals surface area contributed by atoms with Crippen molar-refractivity contribution in [2.24, 2.45) is 29.4 Å². The van der Waals surface area contributed by atoms with Gasteiger partial charge in [0, 0.05) is 17.0 Å². The molecule has 1 amide bonds. The Morgan fingerprint density at radius 1 is 1.21 bits per heavy atom. The molecule has 39 heavy (non-hydrogen) atoms. The van der Waals surface area contributed by atoms with Crippen molar-refractivity contribution in [2.75, 3.05) is 21.2 Å². The van der Waals surface area contributed by atoms with E-state index in [1.807, 2.05) is 20.8 Å². The van der Waals surface area contributed by atoms with Gasteiger partial charge in [-0.25, -0.2) is 0 Å². The number of nitrogens with two attached hydrogens (primary N) is 1. The number of carbonyl (C=O) groups is 5. The van der Waals surface area contributed by atoms with E-state index in [4.69, 9.17) is 10.6 Å². The van der Waals surface area contributed by atoms with Crippen molar-refractivity contribution in [3.63, 3.8) is 0 Å². The van der Waals surface area contributed by atoms with Crippen LogP contribution in [-0.4, -0.2) is 77.0 Å². The van der Waals surface area contributed by atoms with Crippen molar-refractivity contribution in [3.8, 4) is 5.75 Å². The van der Waals surface area contributed by atoms with Gasteiger partial charge in [0.25, 0.3) is 0 Å². The summed E-state index contributed by atoms with van der Waals surface area (Å²) in [4.78, 5) is 73.3. The summed E-state index contributed by atoms with van der Waals surface area (Å²) in [6.45, 7) is 9.55. The van der Waals surface area contributed by atoms with E-state index in [2.05, 4.69) is 12.1 Å².